The van der Waals surface area contributed by atoms with Crippen LogP contribution in [0.2, 0.25) is 5.02 Å². The summed E-state index contributed by atoms with van der Waals surface area (Å²) in [6.45, 7) is 2.67. The Bertz CT molecular complexity index is 941. The maximum absolute atomic E-state index is 12.7. The summed E-state index contributed by atoms with van der Waals surface area (Å²) in [5.74, 6) is 0.861. The average molecular weight is 458 g/mol. The fraction of sp³-hybridized carbons (Fsp3) is 0.316. The molecular weight excluding hydrogens is 435 g/mol. The number of H-pyrrole nitrogens is 1. The summed E-state index contributed by atoms with van der Waals surface area (Å²) in [6, 6.07) is 8.82. The summed E-state index contributed by atoms with van der Waals surface area (Å²) in [6.07, 6.45) is 3.94. The molecule has 1 fully saturated rings. The van der Waals surface area contributed by atoms with Crippen molar-refractivity contribution in [3.8, 4) is 0 Å². The molecule has 3 N–H and O–H groups in total. The van der Waals surface area contributed by atoms with Gasteiger partial charge in [0.15, 0.2) is 5.82 Å². The molecule has 29 heavy (non-hydrogen) atoms. The van der Waals surface area contributed by atoms with Gasteiger partial charge in [0.2, 0.25) is 5.91 Å². The van der Waals surface area contributed by atoms with Crippen LogP contribution in [0, 0.1) is 0 Å². The minimum Gasteiger partial charge on any atom is -0.357 e. The molecule has 1 aliphatic rings. The van der Waals surface area contributed by atoms with Gasteiger partial charge in [-0.25, -0.2) is 9.97 Å². The summed E-state index contributed by atoms with van der Waals surface area (Å²) in [5.41, 5.74) is 8.99. The van der Waals surface area contributed by atoms with Crippen LogP contribution in [0.5, 0.6) is 0 Å². The molecule has 0 radical (unpaired) electrons. The zero-order valence-electron chi connectivity index (χ0n) is 15.6. The minimum absolute atomic E-state index is 0. The van der Waals surface area contributed by atoms with Gasteiger partial charge >= 0.3 is 0 Å². The molecule has 1 saturated heterocycles. The first-order chi connectivity index (χ1) is 13.1. The number of carbonyl (C=O) groups is 1. The number of carbonyl (C=O) groups excluding carboxylic acids is 1. The van der Waals surface area contributed by atoms with Gasteiger partial charge in [-0.2, -0.15) is 0 Å². The van der Waals surface area contributed by atoms with Gasteiger partial charge in [-0.15, -0.1) is 24.8 Å². The SMILES string of the molecule is Cl.Cl.NC(Cc1ccc(Cl)cc1)C(=O)N1CCN(c2ncnc3cc[nH]c23)CC1. The number of aromatic nitrogens is 3. The molecule has 0 bridgehead atoms. The Labute approximate surface area is 186 Å². The van der Waals surface area contributed by atoms with E-state index in [-0.39, 0.29) is 30.7 Å². The lowest BCUT2D eigenvalue weighted by Gasteiger charge is -2.36. The van der Waals surface area contributed by atoms with Crippen LogP contribution in [0.15, 0.2) is 42.9 Å². The third-order valence-corrected chi connectivity index (χ3v) is 5.15. The van der Waals surface area contributed by atoms with Crippen molar-refractivity contribution in [2.45, 2.75) is 12.5 Å². The van der Waals surface area contributed by atoms with E-state index in [2.05, 4.69) is 19.9 Å². The number of piperazine rings is 1. The molecule has 3 aromatic rings. The summed E-state index contributed by atoms with van der Waals surface area (Å²) in [4.78, 5) is 28.6. The number of nitrogens with two attached hydrogens (primary N) is 1. The molecule has 1 unspecified atom stereocenters. The predicted molar refractivity (Wildman–Crippen MR) is 120 cm³/mol. The third-order valence-electron chi connectivity index (χ3n) is 4.90. The lowest BCUT2D eigenvalue weighted by atomic mass is 10.1. The second-order valence-corrected chi connectivity index (χ2v) is 7.12. The second kappa shape index (κ2) is 10.1. The first kappa shape index (κ1) is 23.2. The quantitative estimate of drug-likeness (QED) is 0.628. The topological polar surface area (TPSA) is 91.1 Å². The Kier molecular flexibility index (Phi) is 8.10. The van der Waals surface area contributed by atoms with Gasteiger partial charge in [-0.1, -0.05) is 23.7 Å². The molecule has 2 aromatic heterocycles. The molecule has 1 aliphatic heterocycles. The molecule has 0 aliphatic carbocycles. The number of nitrogens with zero attached hydrogens (tertiary/aromatic N) is 4. The highest BCUT2D eigenvalue weighted by Gasteiger charge is 2.26. The zero-order valence-corrected chi connectivity index (χ0v) is 18.0. The molecule has 1 amide bonds. The first-order valence-corrected chi connectivity index (χ1v) is 9.31. The van der Waals surface area contributed by atoms with E-state index in [9.17, 15) is 4.79 Å². The van der Waals surface area contributed by atoms with Crippen LogP contribution in [-0.2, 0) is 11.2 Å². The van der Waals surface area contributed by atoms with E-state index in [1.54, 1.807) is 6.33 Å². The second-order valence-electron chi connectivity index (χ2n) is 6.68. The van der Waals surface area contributed by atoms with Crippen molar-refractivity contribution in [3.05, 3.63) is 53.4 Å². The number of anilines is 1. The third kappa shape index (κ3) is 5.11. The first-order valence-electron chi connectivity index (χ1n) is 8.93. The Hall–Kier alpha value is -2.06. The number of fused-ring (bicyclic) bond motifs is 1. The molecule has 0 spiro atoms. The van der Waals surface area contributed by atoms with Gasteiger partial charge in [0.05, 0.1) is 11.6 Å². The summed E-state index contributed by atoms with van der Waals surface area (Å²) < 4.78 is 0. The Morgan fingerprint density at radius 1 is 1.10 bits per heavy atom. The molecule has 10 heteroatoms. The maximum atomic E-state index is 12.7. The molecule has 3 heterocycles. The highest BCUT2D eigenvalue weighted by Crippen LogP contribution is 2.22. The van der Waals surface area contributed by atoms with Crippen LogP contribution >= 0.6 is 36.4 Å². The predicted octanol–water partition coefficient (Wildman–Crippen LogP) is 2.67. The molecule has 0 saturated carbocycles. The lowest BCUT2D eigenvalue weighted by molar-refractivity contribution is -0.132. The average Bonchev–Trinajstić information content (AvgIpc) is 3.18. The molecule has 1 aromatic carbocycles. The van der Waals surface area contributed by atoms with Gasteiger partial charge in [-0.3, -0.25) is 4.79 Å². The van der Waals surface area contributed by atoms with E-state index < -0.39 is 6.04 Å². The number of benzene rings is 1. The van der Waals surface area contributed by atoms with E-state index in [4.69, 9.17) is 17.3 Å². The molecule has 156 valence electrons. The Morgan fingerprint density at radius 3 is 2.48 bits per heavy atom. The van der Waals surface area contributed by atoms with Crippen molar-refractivity contribution in [3.63, 3.8) is 0 Å². The van der Waals surface area contributed by atoms with Crippen LogP contribution in [0.3, 0.4) is 0 Å². The Morgan fingerprint density at radius 2 is 1.79 bits per heavy atom. The number of hydrogen-bond acceptors (Lipinski definition) is 5. The fourth-order valence-electron chi connectivity index (χ4n) is 3.43. The number of halogens is 3. The van der Waals surface area contributed by atoms with E-state index in [0.717, 1.165) is 22.4 Å². The lowest BCUT2D eigenvalue weighted by Crippen LogP contribution is -2.53. The number of rotatable bonds is 4. The van der Waals surface area contributed by atoms with Crippen molar-refractivity contribution < 1.29 is 4.79 Å². The standard InChI is InChI=1S/C19H21ClN6O.2ClH/c20-14-3-1-13(2-4-14)11-15(21)19(27)26-9-7-25(8-10-26)18-17-16(5-6-22-17)23-12-24-18;;/h1-6,12,15,22H,7-11,21H2;2*1H. The van der Waals surface area contributed by atoms with E-state index >= 15 is 0 Å². The zero-order chi connectivity index (χ0) is 18.8. The van der Waals surface area contributed by atoms with Gasteiger partial charge in [-0.05, 0) is 30.2 Å². The molecule has 4 rings (SSSR count). The maximum Gasteiger partial charge on any atom is 0.239 e. The van der Waals surface area contributed by atoms with Gasteiger partial charge in [0.1, 0.15) is 11.8 Å². The van der Waals surface area contributed by atoms with Gasteiger partial charge < -0.3 is 20.5 Å². The molecule has 1 atom stereocenters. The van der Waals surface area contributed by atoms with Crippen LogP contribution in [0.25, 0.3) is 11.0 Å². The monoisotopic (exact) mass is 456 g/mol. The van der Waals surface area contributed by atoms with Crippen molar-refractivity contribution in [1.29, 1.82) is 0 Å². The van der Waals surface area contributed by atoms with Crippen LogP contribution in [0.4, 0.5) is 5.82 Å². The normalized spacial score (nSPS) is 14.8. The number of aromatic amines is 1. The molecular formula is C19H23Cl3N6O. The summed E-state index contributed by atoms with van der Waals surface area (Å²) in [7, 11) is 0. The smallest absolute Gasteiger partial charge is 0.239 e. The van der Waals surface area contributed by atoms with Crippen LogP contribution in [0.1, 0.15) is 5.56 Å². The van der Waals surface area contributed by atoms with E-state index in [0.29, 0.717) is 37.6 Å². The van der Waals surface area contributed by atoms with Crippen molar-refractivity contribution >= 4 is 59.2 Å². The van der Waals surface area contributed by atoms with E-state index in [1.807, 2.05) is 41.4 Å². The highest BCUT2D eigenvalue weighted by atomic mass is 35.5. The van der Waals surface area contributed by atoms with Crippen molar-refractivity contribution in [2.75, 3.05) is 31.1 Å². The van der Waals surface area contributed by atoms with Crippen molar-refractivity contribution in [1.82, 2.24) is 19.9 Å². The van der Waals surface area contributed by atoms with Crippen LogP contribution in [-0.4, -0.2) is 58.0 Å². The largest absolute Gasteiger partial charge is 0.357 e. The van der Waals surface area contributed by atoms with E-state index in [1.165, 1.54) is 0 Å². The summed E-state index contributed by atoms with van der Waals surface area (Å²) in [5, 5.41) is 0.677. The minimum atomic E-state index is -0.549. The Balaban J connectivity index is 0.00000150. The number of nitrogens with one attached hydrogen (secondary N) is 1. The highest BCUT2D eigenvalue weighted by molar-refractivity contribution is 6.30. The fourth-order valence-corrected chi connectivity index (χ4v) is 3.56. The van der Waals surface area contributed by atoms with Gasteiger partial charge in [0, 0.05) is 37.4 Å². The van der Waals surface area contributed by atoms with Crippen LogP contribution < -0.4 is 10.6 Å². The molecule has 7 nitrogen and oxygen atoms in total. The number of amides is 1. The summed E-state index contributed by atoms with van der Waals surface area (Å²) >= 11 is 5.90. The number of hydrogen-bond donors (Lipinski definition) is 2. The van der Waals surface area contributed by atoms with Crippen molar-refractivity contribution in [2.24, 2.45) is 5.73 Å². The van der Waals surface area contributed by atoms with Gasteiger partial charge in [0.25, 0.3) is 0 Å².